The van der Waals surface area contributed by atoms with Crippen LogP contribution in [0.15, 0.2) is 46.9 Å². The van der Waals surface area contributed by atoms with Crippen LogP contribution in [-0.4, -0.2) is 17.7 Å². The number of benzene rings is 2. The molecule has 2 aromatic carbocycles. The standard InChI is InChI=1S/C16H15BrO4/c1-2-20-13-5-7-14(8-6-13)21-10-12-4-3-11(16(18)19)9-15(12)17/h3-9H,2,10H2,1H3,(H,18,19). The number of carboxylic acids is 1. The van der Waals surface area contributed by atoms with Crippen LogP contribution in [0.4, 0.5) is 0 Å². The molecule has 0 aliphatic carbocycles. The number of ether oxygens (including phenoxy) is 2. The molecule has 0 bridgehead atoms. The van der Waals surface area contributed by atoms with E-state index in [-0.39, 0.29) is 5.56 Å². The van der Waals surface area contributed by atoms with Crippen molar-refractivity contribution in [3.05, 3.63) is 58.1 Å². The molecule has 0 aliphatic heterocycles. The van der Waals surface area contributed by atoms with E-state index < -0.39 is 5.97 Å². The molecule has 4 nitrogen and oxygen atoms in total. The van der Waals surface area contributed by atoms with Gasteiger partial charge in [0.1, 0.15) is 18.1 Å². The third-order valence-electron chi connectivity index (χ3n) is 2.83. The van der Waals surface area contributed by atoms with Crippen LogP contribution in [0, 0.1) is 0 Å². The van der Waals surface area contributed by atoms with Gasteiger partial charge < -0.3 is 14.6 Å². The highest BCUT2D eigenvalue weighted by atomic mass is 79.9. The summed E-state index contributed by atoms with van der Waals surface area (Å²) in [5, 5.41) is 8.91. The summed E-state index contributed by atoms with van der Waals surface area (Å²) in [5.74, 6) is 0.583. The van der Waals surface area contributed by atoms with Gasteiger partial charge in [-0.2, -0.15) is 0 Å². The molecule has 0 fully saturated rings. The maximum atomic E-state index is 10.9. The van der Waals surface area contributed by atoms with Crippen LogP contribution in [0.1, 0.15) is 22.8 Å². The summed E-state index contributed by atoms with van der Waals surface area (Å²) >= 11 is 3.36. The molecule has 0 heterocycles. The number of carbonyl (C=O) groups is 1. The third kappa shape index (κ3) is 4.23. The first-order valence-corrected chi connectivity index (χ1v) is 7.27. The van der Waals surface area contributed by atoms with Crippen LogP contribution in [0.2, 0.25) is 0 Å². The van der Waals surface area contributed by atoms with Gasteiger partial charge >= 0.3 is 5.97 Å². The van der Waals surface area contributed by atoms with E-state index >= 15 is 0 Å². The molecule has 110 valence electrons. The number of hydrogen-bond acceptors (Lipinski definition) is 3. The van der Waals surface area contributed by atoms with E-state index in [2.05, 4.69) is 15.9 Å². The Labute approximate surface area is 131 Å². The summed E-state index contributed by atoms with van der Waals surface area (Å²) in [5.41, 5.74) is 1.13. The van der Waals surface area contributed by atoms with Gasteiger partial charge in [-0.3, -0.25) is 0 Å². The van der Waals surface area contributed by atoms with Gasteiger partial charge in [-0.1, -0.05) is 22.0 Å². The minimum absolute atomic E-state index is 0.242. The molecule has 0 saturated heterocycles. The maximum Gasteiger partial charge on any atom is 0.335 e. The zero-order valence-electron chi connectivity index (χ0n) is 11.5. The van der Waals surface area contributed by atoms with Crippen LogP contribution < -0.4 is 9.47 Å². The minimum atomic E-state index is -0.949. The highest BCUT2D eigenvalue weighted by Crippen LogP contribution is 2.22. The van der Waals surface area contributed by atoms with Crippen molar-refractivity contribution < 1.29 is 19.4 Å². The van der Waals surface area contributed by atoms with Gasteiger partial charge in [0.05, 0.1) is 12.2 Å². The summed E-state index contributed by atoms with van der Waals surface area (Å²) in [4.78, 5) is 10.9. The van der Waals surface area contributed by atoms with Crippen LogP contribution in [0.5, 0.6) is 11.5 Å². The van der Waals surface area contributed by atoms with Gasteiger partial charge in [0.25, 0.3) is 0 Å². The van der Waals surface area contributed by atoms with Gasteiger partial charge in [0.15, 0.2) is 0 Å². The Morgan fingerprint density at radius 2 is 1.71 bits per heavy atom. The quantitative estimate of drug-likeness (QED) is 0.850. The highest BCUT2D eigenvalue weighted by Gasteiger charge is 2.07. The van der Waals surface area contributed by atoms with Gasteiger partial charge in [-0.05, 0) is 43.3 Å². The molecule has 0 aliphatic rings. The molecule has 0 amide bonds. The summed E-state index contributed by atoms with van der Waals surface area (Å²) < 4.78 is 11.7. The maximum absolute atomic E-state index is 10.9. The van der Waals surface area contributed by atoms with Crippen molar-refractivity contribution in [3.8, 4) is 11.5 Å². The van der Waals surface area contributed by atoms with Crippen molar-refractivity contribution in [1.82, 2.24) is 0 Å². The van der Waals surface area contributed by atoms with Crippen molar-refractivity contribution in [1.29, 1.82) is 0 Å². The molecule has 5 heteroatoms. The Morgan fingerprint density at radius 3 is 2.24 bits per heavy atom. The van der Waals surface area contributed by atoms with E-state index in [0.717, 1.165) is 17.1 Å². The molecule has 0 saturated carbocycles. The molecular weight excluding hydrogens is 336 g/mol. The average molecular weight is 351 g/mol. The Hall–Kier alpha value is -2.01. The summed E-state index contributed by atoms with van der Waals surface area (Å²) in [7, 11) is 0. The van der Waals surface area contributed by atoms with E-state index in [1.54, 1.807) is 18.2 Å². The first-order chi connectivity index (χ1) is 10.1. The van der Waals surface area contributed by atoms with Gasteiger partial charge in [0.2, 0.25) is 0 Å². The Morgan fingerprint density at radius 1 is 1.10 bits per heavy atom. The highest BCUT2D eigenvalue weighted by molar-refractivity contribution is 9.10. The molecule has 0 unspecified atom stereocenters. The van der Waals surface area contributed by atoms with E-state index in [9.17, 15) is 4.79 Å². The van der Waals surface area contributed by atoms with Gasteiger partial charge in [-0.25, -0.2) is 4.79 Å². The van der Waals surface area contributed by atoms with E-state index in [0.29, 0.717) is 17.7 Å². The summed E-state index contributed by atoms with van der Waals surface area (Å²) in [6, 6.07) is 12.2. The first-order valence-electron chi connectivity index (χ1n) is 6.47. The van der Waals surface area contributed by atoms with Crippen LogP contribution in [0.25, 0.3) is 0 Å². The molecule has 21 heavy (non-hydrogen) atoms. The topological polar surface area (TPSA) is 55.8 Å². The largest absolute Gasteiger partial charge is 0.494 e. The predicted molar refractivity (Wildman–Crippen MR) is 83.0 cm³/mol. The lowest BCUT2D eigenvalue weighted by Gasteiger charge is -2.09. The lowest BCUT2D eigenvalue weighted by atomic mass is 10.1. The van der Waals surface area contributed by atoms with E-state index in [1.807, 2.05) is 31.2 Å². The zero-order valence-corrected chi connectivity index (χ0v) is 13.1. The second-order valence-electron chi connectivity index (χ2n) is 4.30. The molecular formula is C16H15BrO4. The van der Waals surface area contributed by atoms with E-state index in [4.69, 9.17) is 14.6 Å². The Balaban J connectivity index is 2.01. The normalized spacial score (nSPS) is 10.2. The molecule has 0 aromatic heterocycles. The fraction of sp³-hybridized carbons (Fsp3) is 0.188. The minimum Gasteiger partial charge on any atom is -0.494 e. The van der Waals surface area contributed by atoms with Crippen LogP contribution in [0.3, 0.4) is 0 Å². The van der Waals surface area contributed by atoms with Gasteiger partial charge in [-0.15, -0.1) is 0 Å². The van der Waals surface area contributed by atoms with Crippen molar-refractivity contribution >= 4 is 21.9 Å². The predicted octanol–water partition coefficient (Wildman–Crippen LogP) is 4.13. The SMILES string of the molecule is CCOc1ccc(OCc2ccc(C(=O)O)cc2Br)cc1. The number of carboxylic acid groups (broad SMARTS) is 1. The molecule has 0 radical (unpaired) electrons. The number of halogens is 1. The van der Waals surface area contributed by atoms with Crippen molar-refractivity contribution in [3.63, 3.8) is 0 Å². The molecule has 2 rings (SSSR count). The number of hydrogen-bond donors (Lipinski definition) is 1. The second kappa shape index (κ2) is 7.13. The number of rotatable bonds is 6. The lowest BCUT2D eigenvalue weighted by Crippen LogP contribution is -2.00. The van der Waals surface area contributed by atoms with Crippen LogP contribution >= 0.6 is 15.9 Å². The second-order valence-corrected chi connectivity index (χ2v) is 5.16. The molecule has 1 N–H and O–H groups in total. The smallest absolute Gasteiger partial charge is 0.335 e. The fourth-order valence-corrected chi connectivity index (χ4v) is 2.25. The van der Waals surface area contributed by atoms with E-state index in [1.165, 1.54) is 0 Å². The van der Waals surface area contributed by atoms with Crippen LogP contribution in [-0.2, 0) is 6.61 Å². The third-order valence-corrected chi connectivity index (χ3v) is 3.57. The summed E-state index contributed by atoms with van der Waals surface area (Å²) in [6.45, 7) is 2.92. The molecule has 0 atom stereocenters. The first kappa shape index (κ1) is 15.4. The fourth-order valence-electron chi connectivity index (χ4n) is 1.76. The van der Waals surface area contributed by atoms with Gasteiger partial charge in [0, 0.05) is 10.0 Å². The summed E-state index contributed by atoms with van der Waals surface area (Å²) in [6.07, 6.45) is 0. The van der Waals surface area contributed by atoms with Crippen molar-refractivity contribution in [2.24, 2.45) is 0 Å². The number of aromatic carboxylic acids is 1. The molecule has 0 spiro atoms. The Kier molecular flexibility index (Phi) is 5.22. The molecule has 2 aromatic rings. The zero-order chi connectivity index (χ0) is 15.2. The average Bonchev–Trinajstić information content (AvgIpc) is 2.47. The van der Waals surface area contributed by atoms with Crippen molar-refractivity contribution in [2.75, 3.05) is 6.61 Å². The Bertz CT molecular complexity index is 623. The van der Waals surface area contributed by atoms with Crippen molar-refractivity contribution in [2.45, 2.75) is 13.5 Å². The lowest BCUT2D eigenvalue weighted by molar-refractivity contribution is 0.0696. The monoisotopic (exact) mass is 350 g/mol.